The summed E-state index contributed by atoms with van der Waals surface area (Å²) in [4.78, 5) is 2.19. The van der Waals surface area contributed by atoms with Crippen molar-refractivity contribution >= 4 is 21.6 Å². The SMILES string of the molecule is C=CCN(CC=C)c1ccc(C(C)N)cc1Br. The van der Waals surface area contributed by atoms with Gasteiger partial charge in [-0.1, -0.05) is 18.2 Å². The normalized spacial score (nSPS) is 11.9. The van der Waals surface area contributed by atoms with Crippen LogP contribution >= 0.6 is 15.9 Å². The van der Waals surface area contributed by atoms with Crippen molar-refractivity contribution in [2.45, 2.75) is 13.0 Å². The van der Waals surface area contributed by atoms with Gasteiger partial charge in [0.2, 0.25) is 0 Å². The van der Waals surface area contributed by atoms with Crippen molar-refractivity contribution in [1.29, 1.82) is 0 Å². The van der Waals surface area contributed by atoms with Crippen LogP contribution in [0.1, 0.15) is 18.5 Å². The Kier molecular flexibility index (Phi) is 5.45. The average molecular weight is 295 g/mol. The molecule has 1 atom stereocenters. The smallest absolute Gasteiger partial charge is 0.0516 e. The summed E-state index contributed by atoms with van der Waals surface area (Å²) in [5, 5.41) is 0. The molecular weight excluding hydrogens is 276 g/mol. The second kappa shape index (κ2) is 6.62. The predicted molar refractivity (Wildman–Crippen MR) is 79.4 cm³/mol. The van der Waals surface area contributed by atoms with Crippen LogP contribution < -0.4 is 10.6 Å². The average Bonchev–Trinajstić information content (AvgIpc) is 2.28. The quantitative estimate of drug-likeness (QED) is 0.812. The van der Waals surface area contributed by atoms with E-state index in [4.69, 9.17) is 5.73 Å². The molecule has 0 saturated heterocycles. The van der Waals surface area contributed by atoms with Crippen molar-refractivity contribution in [3.63, 3.8) is 0 Å². The maximum Gasteiger partial charge on any atom is 0.0516 e. The number of rotatable bonds is 6. The summed E-state index contributed by atoms with van der Waals surface area (Å²) in [7, 11) is 0. The van der Waals surface area contributed by atoms with Gasteiger partial charge in [0.15, 0.2) is 0 Å². The van der Waals surface area contributed by atoms with Crippen LogP contribution in [-0.2, 0) is 0 Å². The second-order valence-electron chi connectivity index (χ2n) is 3.98. The summed E-state index contributed by atoms with van der Waals surface area (Å²) in [6.07, 6.45) is 3.77. The first kappa shape index (κ1) is 14.0. The van der Waals surface area contributed by atoms with Crippen LogP contribution in [0.5, 0.6) is 0 Å². The molecule has 0 bridgehead atoms. The van der Waals surface area contributed by atoms with Crippen molar-refractivity contribution in [3.8, 4) is 0 Å². The van der Waals surface area contributed by atoms with Crippen LogP contribution in [0.15, 0.2) is 48.0 Å². The zero-order valence-corrected chi connectivity index (χ0v) is 11.8. The maximum absolute atomic E-state index is 5.86. The first-order chi connectivity index (χ1) is 8.10. The molecule has 0 aliphatic carbocycles. The fraction of sp³-hybridized carbons (Fsp3) is 0.286. The highest BCUT2D eigenvalue weighted by atomic mass is 79.9. The molecule has 0 fully saturated rings. The summed E-state index contributed by atoms with van der Waals surface area (Å²) in [6, 6.07) is 6.26. The minimum atomic E-state index is 0.0487. The van der Waals surface area contributed by atoms with Crippen LogP contribution in [0.3, 0.4) is 0 Å². The summed E-state index contributed by atoms with van der Waals surface area (Å²) in [6.45, 7) is 11.1. The third kappa shape index (κ3) is 3.72. The van der Waals surface area contributed by atoms with Gasteiger partial charge >= 0.3 is 0 Å². The number of nitrogens with zero attached hydrogens (tertiary/aromatic N) is 1. The van der Waals surface area contributed by atoms with Gasteiger partial charge in [-0.15, -0.1) is 13.2 Å². The van der Waals surface area contributed by atoms with E-state index >= 15 is 0 Å². The molecular formula is C14H19BrN2. The van der Waals surface area contributed by atoms with Gasteiger partial charge in [-0.3, -0.25) is 0 Å². The van der Waals surface area contributed by atoms with Gasteiger partial charge in [-0.05, 0) is 40.5 Å². The van der Waals surface area contributed by atoms with Crippen molar-refractivity contribution in [2.75, 3.05) is 18.0 Å². The molecule has 0 aliphatic heterocycles. The molecule has 1 aromatic carbocycles. The molecule has 1 aromatic rings. The third-order valence-corrected chi connectivity index (χ3v) is 3.17. The van der Waals surface area contributed by atoms with E-state index in [2.05, 4.69) is 52.2 Å². The third-order valence-electron chi connectivity index (χ3n) is 2.54. The van der Waals surface area contributed by atoms with E-state index in [1.807, 2.05) is 19.1 Å². The lowest BCUT2D eigenvalue weighted by Crippen LogP contribution is -2.23. The Labute approximate surface area is 112 Å². The summed E-state index contributed by atoms with van der Waals surface area (Å²) in [5.41, 5.74) is 8.12. The minimum Gasteiger partial charge on any atom is -0.363 e. The summed E-state index contributed by atoms with van der Waals surface area (Å²) >= 11 is 3.59. The van der Waals surface area contributed by atoms with E-state index in [0.29, 0.717) is 0 Å². The fourth-order valence-electron chi connectivity index (χ4n) is 1.65. The molecule has 0 amide bonds. The van der Waals surface area contributed by atoms with E-state index in [-0.39, 0.29) is 6.04 Å². The van der Waals surface area contributed by atoms with Crippen molar-refractivity contribution in [1.82, 2.24) is 0 Å². The first-order valence-corrected chi connectivity index (χ1v) is 6.41. The molecule has 17 heavy (non-hydrogen) atoms. The molecule has 1 unspecified atom stereocenters. The fourth-order valence-corrected chi connectivity index (χ4v) is 2.29. The van der Waals surface area contributed by atoms with Gasteiger partial charge in [0.25, 0.3) is 0 Å². The van der Waals surface area contributed by atoms with Gasteiger partial charge in [0.1, 0.15) is 0 Å². The van der Waals surface area contributed by atoms with Crippen molar-refractivity contribution in [3.05, 3.63) is 53.5 Å². The molecule has 0 saturated carbocycles. The number of nitrogens with two attached hydrogens (primary N) is 1. The molecule has 0 heterocycles. The van der Waals surface area contributed by atoms with Crippen molar-refractivity contribution in [2.24, 2.45) is 5.73 Å². The Morgan fingerprint density at radius 2 is 1.94 bits per heavy atom. The Hall–Kier alpha value is -1.06. The summed E-state index contributed by atoms with van der Waals surface area (Å²) in [5.74, 6) is 0. The van der Waals surface area contributed by atoms with Crippen LogP contribution in [-0.4, -0.2) is 13.1 Å². The van der Waals surface area contributed by atoms with Gasteiger partial charge in [0, 0.05) is 23.6 Å². The van der Waals surface area contributed by atoms with Gasteiger partial charge in [0.05, 0.1) is 5.69 Å². The van der Waals surface area contributed by atoms with Crippen LogP contribution in [0.4, 0.5) is 5.69 Å². The van der Waals surface area contributed by atoms with E-state index in [9.17, 15) is 0 Å². The molecule has 2 nitrogen and oxygen atoms in total. The number of anilines is 1. The molecule has 0 radical (unpaired) electrons. The van der Waals surface area contributed by atoms with Crippen molar-refractivity contribution < 1.29 is 0 Å². The Balaban J connectivity index is 3.03. The standard InChI is InChI=1S/C14H19BrN2/c1-4-8-17(9-5-2)14-7-6-12(11(3)16)10-13(14)15/h4-7,10-11H,1-2,8-9,16H2,3H3. The molecule has 0 spiro atoms. The molecule has 92 valence electrons. The molecule has 2 N–H and O–H groups in total. The number of halogens is 1. The highest BCUT2D eigenvalue weighted by Crippen LogP contribution is 2.29. The molecule has 0 aliphatic rings. The largest absolute Gasteiger partial charge is 0.363 e. The molecule has 0 aromatic heterocycles. The number of hydrogen-bond donors (Lipinski definition) is 1. The minimum absolute atomic E-state index is 0.0487. The number of hydrogen-bond acceptors (Lipinski definition) is 2. The van der Waals surface area contributed by atoms with E-state index in [1.54, 1.807) is 0 Å². The maximum atomic E-state index is 5.86. The van der Waals surface area contributed by atoms with Crippen LogP contribution in [0.2, 0.25) is 0 Å². The highest BCUT2D eigenvalue weighted by Gasteiger charge is 2.09. The molecule has 1 rings (SSSR count). The van der Waals surface area contributed by atoms with E-state index in [0.717, 1.165) is 28.8 Å². The monoisotopic (exact) mass is 294 g/mol. The highest BCUT2D eigenvalue weighted by molar-refractivity contribution is 9.10. The van der Waals surface area contributed by atoms with Crippen LogP contribution in [0, 0.1) is 0 Å². The van der Waals surface area contributed by atoms with Gasteiger partial charge < -0.3 is 10.6 Å². The zero-order valence-electron chi connectivity index (χ0n) is 10.2. The Bertz CT molecular complexity index is 389. The lowest BCUT2D eigenvalue weighted by atomic mass is 10.1. The molecule has 3 heteroatoms. The predicted octanol–water partition coefficient (Wildman–Crippen LogP) is 3.65. The van der Waals surface area contributed by atoms with Gasteiger partial charge in [-0.25, -0.2) is 0 Å². The van der Waals surface area contributed by atoms with Gasteiger partial charge in [-0.2, -0.15) is 0 Å². The Morgan fingerprint density at radius 1 is 1.35 bits per heavy atom. The Morgan fingerprint density at radius 3 is 2.35 bits per heavy atom. The lowest BCUT2D eigenvalue weighted by molar-refractivity contribution is 0.816. The lowest BCUT2D eigenvalue weighted by Gasteiger charge is -2.23. The first-order valence-electron chi connectivity index (χ1n) is 5.62. The second-order valence-corrected chi connectivity index (χ2v) is 4.84. The number of benzene rings is 1. The zero-order chi connectivity index (χ0) is 12.8. The van der Waals surface area contributed by atoms with E-state index in [1.165, 1.54) is 0 Å². The van der Waals surface area contributed by atoms with E-state index < -0.39 is 0 Å². The summed E-state index contributed by atoms with van der Waals surface area (Å²) < 4.78 is 1.05. The van der Waals surface area contributed by atoms with Crippen LogP contribution in [0.25, 0.3) is 0 Å². The topological polar surface area (TPSA) is 29.3 Å².